The normalized spacial score (nSPS) is 11.5. The molecule has 0 fully saturated rings. The molecule has 1 atom stereocenters. The number of carbonyl (C=O) groups is 2. The van der Waals surface area contributed by atoms with Crippen LogP contribution in [0.5, 0.6) is 5.75 Å². The van der Waals surface area contributed by atoms with Crippen LogP contribution in [-0.2, 0) is 9.59 Å². The van der Waals surface area contributed by atoms with E-state index in [0.717, 1.165) is 5.57 Å². The van der Waals surface area contributed by atoms with Gasteiger partial charge in [-0.1, -0.05) is 18.6 Å². The number of carboxylic acids is 1. The number of allylic oxidation sites excluding steroid dienone is 1. The molecule has 0 saturated heterocycles. The van der Waals surface area contributed by atoms with Gasteiger partial charge in [0.05, 0.1) is 0 Å². The Bertz CT molecular complexity index is 510. The summed E-state index contributed by atoms with van der Waals surface area (Å²) in [7, 11) is 0. The third kappa shape index (κ3) is 5.56. The first-order valence-corrected chi connectivity index (χ1v) is 6.28. The topological polar surface area (TPSA) is 75.6 Å². The van der Waals surface area contributed by atoms with Gasteiger partial charge in [-0.2, -0.15) is 0 Å². The summed E-state index contributed by atoms with van der Waals surface area (Å²) in [5.74, 6) is -0.924. The fraction of sp³-hybridized carbons (Fsp3) is 0.333. The van der Waals surface area contributed by atoms with Crippen molar-refractivity contribution in [2.24, 2.45) is 5.92 Å². The lowest BCUT2D eigenvalue weighted by molar-refractivity contribution is -0.139. The largest absolute Gasteiger partial charge is 0.482 e. The van der Waals surface area contributed by atoms with Crippen molar-refractivity contribution in [3.63, 3.8) is 0 Å². The van der Waals surface area contributed by atoms with Gasteiger partial charge in [-0.25, -0.2) is 4.79 Å². The van der Waals surface area contributed by atoms with Crippen LogP contribution < -0.4 is 10.1 Å². The van der Waals surface area contributed by atoms with E-state index < -0.39 is 12.6 Å². The number of hydrogen-bond acceptors (Lipinski definition) is 3. The van der Waals surface area contributed by atoms with Gasteiger partial charge in [0, 0.05) is 17.7 Å². The van der Waals surface area contributed by atoms with E-state index in [9.17, 15) is 9.59 Å². The molecule has 0 radical (unpaired) electrons. The zero-order valence-corrected chi connectivity index (χ0v) is 11.7. The number of rotatable bonds is 7. The third-order valence-corrected chi connectivity index (χ3v) is 2.57. The van der Waals surface area contributed by atoms with E-state index in [-0.39, 0.29) is 11.8 Å². The Morgan fingerprint density at radius 2 is 2.15 bits per heavy atom. The number of anilines is 1. The van der Waals surface area contributed by atoms with Gasteiger partial charge in [0.2, 0.25) is 5.91 Å². The van der Waals surface area contributed by atoms with Crippen molar-refractivity contribution < 1.29 is 19.4 Å². The second-order valence-electron chi connectivity index (χ2n) is 4.76. The van der Waals surface area contributed by atoms with E-state index in [4.69, 9.17) is 9.84 Å². The molecule has 5 nitrogen and oxygen atoms in total. The lowest BCUT2D eigenvalue weighted by Crippen LogP contribution is -2.20. The Kier molecular flexibility index (Phi) is 5.77. The minimum Gasteiger partial charge on any atom is -0.482 e. The molecule has 1 aromatic rings. The molecule has 108 valence electrons. The number of benzene rings is 1. The maximum Gasteiger partial charge on any atom is 0.341 e. The fourth-order valence-electron chi connectivity index (χ4n) is 1.69. The van der Waals surface area contributed by atoms with Crippen LogP contribution in [0.1, 0.15) is 20.3 Å². The zero-order chi connectivity index (χ0) is 15.1. The second-order valence-corrected chi connectivity index (χ2v) is 4.76. The Balaban J connectivity index is 2.63. The van der Waals surface area contributed by atoms with Crippen LogP contribution in [0.3, 0.4) is 0 Å². The summed E-state index contributed by atoms with van der Waals surface area (Å²) in [4.78, 5) is 22.4. The highest BCUT2D eigenvalue weighted by molar-refractivity contribution is 5.92. The summed E-state index contributed by atoms with van der Waals surface area (Å²) in [5.41, 5.74) is 1.53. The predicted octanol–water partition coefficient (Wildman–Crippen LogP) is 2.69. The van der Waals surface area contributed by atoms with Crippen molar-refractivity contribution >= 4 is 17.6 Å². The number of aliphatic carboxylic acids is 1. The van der Waals surface area contributed by atoms with Crippen molar-refractivity contribution in [3.05, 3.63) is 36.4 Å². The van der Waals surface area contributed by atoms with Gasteiger partial charge in [-0.05, 0) is 25.5 Å². The molecule has 2 N–H and O–H groups in total. The van der Waals surface area contributed by atoms with E-state index in [2.05, 4.69) is 11.9 Å². The second kappa shape index (κ2) is 7.33. The average Bonchev–Trinajstić information content (AvgIpc) is 2.36. The van der Waals surface area contributed by atoms with Crippen molar-refractivity contribution in [2.45, 2.75) is 20.3 Å². The molecule has 1 amide bonds. The van der Waals surface area contributed by atoms with E-state index >= 15 is 0 Å². The van der Waals surface area contributed by atoms with Crippen LogP contribution >= 0.6 is 0 Å². The predicted molar refractivity (Wildman–Crippen MR) is 76.8 cm³/mol. The molecule has 5 heteroatoms. The van der Waals surface area contributed by atoms with Gasteiger partial charge >= 0.3 is 5.97 Å². The van der Waals surface area contributed by atoms with Crippen LogP contribution in [0.4, 0.5) is 5.69 Å². The van der Waals surface area contributed by atoms with Crippen LogP contribution in [-0.4, -0.2) is 23.6 Å². The summed E-state index contributed by atoms with van der Waals surface area (Å²) in [6.07, 6.45) is 0.626. The first kappa shape index (κ1) is 15.8. The number of carbonyl (C=O) groups excluding carboxylic acids is 1. The van der Waals surface area contributed by atoms with Crippen LogP contribution in [0.2, 0.25) is 0 Å². The molecule has 0 aromatic heterocycles. The molecule has 0 heterocycles. The third-order valence-electron chi connectivity index (χ3n) is 2.57. The molecule has 0 bridgehead atoms. The Labute approximate surface area is 118 Å². The highest BCUT2D eigenvalue weighted by Crippen LogP contribution is 2.19. The van der Waals surface area contributed by atoms with E-state index in [1.54, 1.807) is 24.3 Å². The Morgan fingerprint density at radius 3 is 2.75 bits per heavy atom. The van der Waals surface area contributed by atoms with Crippen LogP contribution in [0.25, 0.3) is 0 Å². The van der Waals surface area contributed by atoms with Gasteiger partial charge in [-0.15, -0.1) is 6.58 Å². The molecule has 1 rings (SSSR count). The summed E-state index contributed by atoms with van der Waals surface area (Å²) in [5, 5.41) is 11.3. The minimum atomic E-state index is -1.05. The molecular formula is C15H19NO4. The summed E-state index contributed by atoms with van der Waals surface area (Å²) >= 11 is 0. The molecular weight excluding hydrogens is 258 g/mol. The minimum absolute atomic E-state index is 0.108. The highest BCUT2D eigenvalue weighted by atomic mass is 16.5. The number of nitrogens with one attached hydrogen (secondary N) is 1. The lowest BCUT2D eigenvalue weighted by atomic mass is 10.0. The number of hydrogen-bond donors (Lipinski definition) is 2. The SMILES string of the molecule is C=C(C)CC(C)C(=O)Nc1cccc(OCC(=O)O)c1. The van der Waals surface area contributed by atoms with Gasteiger partial charge < -0.3 is 15.2 Å². The molecule has 0 aliphatic carbocycles. The molecule has 0 aliphatic rings. The van der Waals surface area contributed by atoms with E-state index in [1.807, 2.05) is 13.8 Å². The number of ether oxygens (including phenoxy) is 1. The highest BCUT2D eigenvalue weighted by Gasteiger charge is 2.13. The molecule has 20 heavy (non-hydrogen) atoms. The summed E-state index contributed by atoms with van der Waals surface area (Å²) in [6, 6.07) is 6.64. The molecule has 0 spiro atoms. The van der Waals surface area contributed by atoms with Gasteiger partial charge in [-0.3, -0.25) is 4.79 Å². The Morgan fingerprint density at radius 1 is 1.45 bits per heavy atom. The van der Waals surface area contributed by atoms with Crippen molar-refractivity contribution in [3.8, 4) is 5.75 Å². The quantitative estimate of drug-likeness (QED) is 0.751. The first-order chi connectivity index (χ1) is 9.38. The van der Waals surface area contributed by atoms with E-state index in [0.29, 0.717) is 17.9 Å². The lowest BCUT2D eigenvalue weighted by Gasteiger charge is -2.12. The zero-order valence-electron chi connectivity index (χ0n) is 11.7. The number of amides is 1. The molecule has 0 aliphatic heterocycles. The monoisotopic (exact) mass is 277 g/mol. The van der Waals surface area contributed by atoms with Crippen LogP contribution in [0, 0.1) is 5.92 Å². The Hall–Kier alpha value is -2.30. The van der Waals surface area contributed by atoms with Crippen molar-refractivity contribution in [2.75, 3.05) is 11.9 Å². The smallest absolute Gasteiger partial charge is 0.341 e. The van der Waals surface area contributed by atoms with Crippen molar-refractivity contribution in [1.82, 2.24) is 0 Å². The maximum atomic E-state index is 11.9. The summed E-state index contributed by atoms with van der Waals surface area (Å²) in [6.45, 7) is 7.08. The maximum absolute atomic E-state index is 11.9. The van der Waals surface area contributed by atoms with Crippen LogP contribution in [0.15, 0.2) is 36.4 Å². The van der Waals surface area contributed by atoms with Crippen molar-refractivity contribution in [1.29, 1.82) is 0 Å². The van der Waals surface area contributed by atoms with Gasteiger partial charge in [0.15, 0.2) is 6.61 Å². The van der Waals surface area contributed by atoms with E-state index in [1.165, 1.54) is 0 Å². The standard InChI is InChI=1S/C15H19NO4/c1-10(2)7-11(3)15(19)16-12-5-4-6-13(8-12)20-9-14(17)18/h4-6,8,11H,1,7,9H2,2-3H3,(H,16,19)(H,17,18). The summed E-state index contributed by atoms with van der Waals surface area (Å²) < 4.78 is 5.05. The molecule has 1 unspecified atom stereocenters. The number of carboxylic acid groups (broad SMARTS) is 1. The molecule has 0 saturated carbocycles. The molecule has 1 aromatic carbocycles. The van der Waals surface area contributed by atoms with Gasteiger partial charge in [0.1, 0.15) is 5.75 Å². The first-order valence-electron chi connectivity index (χ1n) is 6.28. The average molecular weight is 277 g/mol. The van der Waals surface area contributed by atoms with Gasteiger partial charge in [0.25, 0.3) is 0 Å². The fourth-order valence-corrected chi connectivity index (χ4v) is 1.69.